The van der Waals surface area contributed by atoms with E-state index < -0.39 is 10.1 Å². The monoisotopic (exact) mass is 350 g/mol. The molecule has 0 amide bonds. The van der Waals surface area contributed by atoms with Crippen LogP contribution in [0.15, 0.2) is 29.2 Å². The third-order valence-corrected chi connectivity index (χ3v) is 5.00. The third kappa shape index (κ3) is 10.6. The zero-order chi connectivity index (χ0) is 16.3. The molecule has 0 unspecified atom stereocenters. The van der Waals surface area contributed by atoms with Gasteiger partial charge in [-0.15, -0.1) is 0 Å². The molecule has 5 heteroatoms. The SMILES string of the molecule is CCCCCCCCCCCCc1ccccc1S(=O)(=O)O.[NaH]. The van der Waals surface area contributed by atoms with Gasteiger partial charge in [-0.05, 0) is 24.5 Å². The van der Waals surface area contributed by atoms with Crippen molar-refractivity contribution in [2.75, 3.05) is 0 Å². The predicted octanol–water partition coefficient (Wildman–Crippen LogP) is 4.75. The van der Waals surface area contributed by atoms with Gasteiger partial charge in [0.05, 0.1) is 4.90 Å². The van der Waals surface area contributed by atoms with Crippen molar-refractivity contribution in [3.05, 3.63) is 29.8 Å². The zero-order valence-corrected chi connectivity index (χ0v) is 14.6. The van der Waals surface area contributed by atoms with Crippen LogP contribution in [0.3, 0.4) is 0 Å². The summed E-state index contributed by atoms with van der Waals surface area (Å²) in [7, 11) is -4.10. The van der Waals surface area contributed by atoms with E-state index in [0.717, 1.165) is 18.4 Å². The molecule has 0 saturated carbocycles. The van der Waals surface area contributed by atoms with Gasteiger partial charge >= 0.3 is 29.6 Å². The number of rotatable bonds is 12. The molecule has 0 atom stereocenters. The van der Waals surface area contributed by atoms with Gasteiger partial charge in [-0.3, -0.25) is 4.55 Å². The number of aryl methyl sites for hydroxylation is 1. The molecule has 23 heavy (non-hydrogen) atoms. The van der Waals surface area contributed by atoms with Crippen LogP contribution in [0, 0.1) is 0 Å². The van der Waals surface area contributed by atoms with Crippen LogP contribution in [0.5, 0.6) is 0 Å². The predicted molar refractivity (Wildman–Crippen MR) is 99.0 cm³/mol. The molecule has 0 bridgehead atoms. The third-order valence-electron chi connectivity index (χ3n) is 4.05. The summed E-state index contributed by atoms with van der Waals surface area (Å²) in [5.74, 6) is 0. The topological polar surface area (TPSA) is 54.4 Å². The second kappa shape index (κ2) is 13.4. The molecule has 0 aliphatic rings. The summed E-state index contributed by atoms with van der Waals surface area (Å²) < 4.78 is 31.8. The number of unbranched alkanes of at least 4 members (excludes halogenated alkanes) is 9. The van der Waals surface area contributed by atoms with E-state index in [1.54, 1.807) is 12.1 Å². The van der Waals surface area contributed by atoms with Crippen molar-refractivity contribution in [1.29, 1.82) is 0 Å². The first-order chi connectivity index (χ1) is 10.6. The molecular weight excluding hydrogens is 319 g/mol. The van der Waals surface area contributed by atoms with Gasteiger partial charge in [0.15, 0.2) is 0 Å². The van der Waals surface area contributed by atoms with Crippen molar-refractivity contribution < 1.29 is 13.0 Å². The van der Waals surface area contributed by atoms with E-state index in [0.29, 0.717) is 6.42 Å². The van der Waals surface area contributed by atoms with Gasteiger partial charge in [0, 0.05) is 0 Å². The van der Waals surface area contributed by atoms with Crippen molar-refractivity contribution in [3.8, 4) is 0 Å². The van der Waals surface area contributed by atoms with Gasteiger partial charge < -0.3 is 0 Å². The van der Waals surface area contributed by atoms with Crippen molar-refractivity contribution in [2.45, 2.75) is 82.4 Å². The van der Waals surface area contributed by atoms with Crippen LogP contribution in [-0.4, -0.2) is 42.5 Å². The summed E-state index contributed by atoms with van der Waals surface area (Å²) >= 11 is 0. The van der Waals surface area contributed by atoms with Crippen LogP contribution in [-0.2, 0) is 16.5 Å². The number of hydrogen-bond acceptors (Lipinski definition) is 2. The Labute approximate surface area is 164 Å². The van der Waals surface area contributed by atoms with Crippen LogP contribution < -0.4 is 0 Å². The Morgan fingerprint density at radius 3 is 1.83 bits per heavy atom. The molecule has 0 spiro atoms. The van der Waals surface area contributed by atoms with Crippen LogP contribution in [0.2, 0.25) is 0 Å². The molecule has 0 aromatic heterocycles. The van der Waals surface area contributed by atoms with E-state index in [4.69, 9.17) is 0 Å². The second-order valence-electron chi connectivity index (χ2n) is 6.01. The van der Waals surface area contributed by atoms with E-state index in [1.165, 1.54) is 57.4 Å². The Kier molecular flexibility index (Phi) is 13.5. The molecule has 1 rings (SSSR count). The van der Waals surface area contributed by atoms with E-state index >= 15 is 0 Å². The Morgan fingerprint density at radius 2 is 1.30 bits per heavy atom. The van der Waals surface area contributed by atoms with Gasteiger partial charge in [-0.2, -0.15) is 8.42 Å². The van der Waals surface area contributed by atoms with Gasteiger partial charge in [-0.25, -0.2) is 0 Å². The van der Waals surface area contributed by atoms with E-state index in [1.807, 2.05) is 6.07 Å². The molecule has 1 N–H and O–H groups in total. The van der Waals surface area contributed by atoms with Crippen LogP contribution in [0.1, 0.15) is 76.7 Å². The van der Waals surface area contributed by atoms with Gasteiger partial charge in [0.25, 0.3) is 10.1 Å². The second-order valence-corrected chi connectivity index (χ2v) is 7.40. The standard InChI is InChI=1S/C18H30O3S.Na.H/c1-2-3-4-5-6-7-8-9-10-11-14-17-15-12-13-16-18(17)22(19,20)21;;/h12-13,15-16H,2-11,14H2,1H3,(H,19,20,21);;. The summed E-state index contributed by atoms with van der Waals surface area (Å²) in [4.78, 5) is 0.0610. The minimum absolute atomic E-state index is 0. The molecule has 0 radical (unpaired) electrons. The van der Waals surface area contributed by atoms with E-state index in [2.05, 4.69) is 6.92 Å². The molecule has 0 saturated heterocycles. The fourth-order valence-corrected chi connectivity index (χ4v) is 3.52. The van der Waals surface area contributed by atoms with Gasteiger partial charge in [0.1, 0.15) is 0 Å². The van der Waals surface area contributed by atoms with E-state index in [9.17, 15) is 13.0 Å². The quantitative estimate of drug-likeness (QED) is 0.336. The zero-order valence-electron chi connectivity index (χ0n) is 13.8. The first-order valence-corrected chi connectivity index (χ1v) is 10.0. The van der Waals surface area contributed by atoms with Gasteiger partial charge in [-0.1, -0.05) is 82.9 Å². The molecule has 0 aliphatic heterocycles. The molecule has 1 aromatic rings. The molecule has 1 aromatic carbocycles. The van der Waals surface area contributed by atoms with Crippen molar-refractivity contribution in [2.24, 2.45) is 0 Å². The van der Waals surface area contributed by atoms with Gasteiger partial charge in [0.2, 0.25) is 0 Å². The Bertz CT molecular complexity index is 515. The molecule has 0 heterocycles. The molecular formula is C18H31NaO3S. The number of hydrogen-bond donors (Lipinski definition) is 1. The average Bonchev–Trinajstić information content (AvgIpc) is 2.48. The van der Waals surface area contributed by atoms with E-state index in [-0.39, 0.29) is 34.5 Å². The molecule has 0 fully saturated rings. The maximum atomic E-state index is 11.3. The normalized spacial score (nSPS) is 11.2. The number of benzene rings is 1. The van der Waals surface area contributed by atoms with Crippen LogP contribution in [0.25, 0.3) is 0 Å². The Morgan fingerprint density at radius 1 is 0.826 bits per heavy atom. The molecule has 128 valence electrons. The van der Waals surface area contributed by atoms with Crippen LogP contribution >= 0.6 is 0 Å². The summed E-state index contributed by atoms with van der Waals surface area (Å²) in [5, 5.41) is 0. The van der Waals surface area contributed by atoms with Crippen molar-refractivity contribution in [3.63, 3.8) is 0 Å². The van der Waals surface area contributed by atoms with Crippen LogP contribution in [0.4, 0.5) is 0 Å². The molecule has 0 aliphatic carbocycles. The molecule has 3 nitrogen and oxygen atoms in total. The van der Waals surface area contributed by atoms with Crippen molar-refractivity contribution >= 4 is 39.7 Å². The fourth-order valence-electron chi connectivity index (χ4n) is 2.76. The maximum absolute atomic E-state index is 11.3. The average molecular weight is 350 g/mol. The summed E-state index contributed by atoms with van der Waals surface area (Å²) in [6.45, 7) is 2.24. The summed E-state index contributed by atoms with van der Waals surface area (Å²) in [5.41, 5.74) is 0.726. The summed E-state index contributed by atoms with van der Waals surface area (Å²) in [6, 6.07) is 6.73. The van der Waals surface area contributed by atoms with Crippen molar-refractivity contribution in [1.82, 2.24) is 0 Å². The first-order valence-electron chi connectivity index (χ1n) is 8.61. The Balaban J connectivity index is 0.00000484. The first kappa shape index (κ1) is 23.1. The minimum atomic E-state index is -4.10. The Hall–Kier alpha value is 0.130. The summed E-state index contributed by atoms with van der Waals surface area (Å²) in [6.07, 6.45) is 13.3. The fraction of sp³-hybridized carbons (Fsp3) is 0.667.